The predicted octanol–water partition coefficient (Wildman–Crippen LogP) is 0.455. The van der Waals surface area contributed by atoms with Crippen LogP contribution in [0.15, 0.2) is 11.9 Å². The molecule has 2 aliphatic heterocycles. The number of morpholine rings is 1. The van der Waals surface area contributed by atoms with E-state index in [1.54, 1.807) is 6.92 Å². The Hall–Kier alpha value is -1.07. The molecule has 0 aromatic carbocycles. The second-order valence-electron chi connectivity index (χ2n) is 4.42. The predicted molar refractivity (Wildman–Crippen MR) is 63.1 cm³/mol. The molecule has 0 amide bonds. The molecule has 2 heterocycles. The van der Waals surface area contributed by atoms with Crippen molar-refractivity contribution in [2.75, 3.05) is 20.3 Å². The molecule has 0 aromatic heterocycles. The Balaban J connectivity index is 2.16. The molecular weight excluding hydrogens is 204 g/mol. The summed E-state index contributed by atoms with van der Waals surface area (Å²) in [5.74, 6) is 0.991. The third kappa shape index (κ3) is 2.20. The van der Waals surface area contributed by atoms with Crippen LogP contribution in [0.5, 0.6) is 0 Å². The molecule has 0 aliphatic carbocycles. The Bertz CT molecular complexity index is 286. The van der Waals surface area contributed by atoms with Crippen LogP contribution in [0.25, 0.3) is 0 Å². The van der Waals surface area contributed by atoms with Crippen LogP contribution in [0, 0.1) is 5.41 Å². The summed E-state index contributed by atoms with van der Waals surface area (Å²) in [6, 6.07) is 0.926. The zero-order chi connectivity index (χ0) is 11.5. The summed E-state index contributed by atoms with van der Waals surface area (Å²) in [5.41, 5.74) is 6.63. The van der Waals surface area contributed by atoms with Gasteiger partial charge in [0.2, 0.25) is 0 Å². The van der Waals surface area contributed by atoms with Gasteiger partial charge < -0.3 is 20.5 Å². The maximum Gasteiger partial charge on any atom is 0.118 e. The van der Waals surface area contributed by atoms with Gasteiger partial charge in [-0.05, 0) is 19.8 Å². The minimum absolute atomic E-state index is 0.463. The fourth-order valence-corrected chi connectivity index (χ4v) is 2.53. The lowest BCUT2D eigenvalue weighted by molar-refractivity contribution is -0.000885. The van der Waals surface area contributed by atoms with E-state index in [4.69, 9.17) is 10.1 Å². The van der Waals surface area contributed by atoms with E-state index in [9.17, 15) is 0 Å². The maximum atomic E-state index is 7.57. The first-order valence-corrected chi connectivity index (χ1v) is 5.78. The molecular formula is C11H20N4O. The lowest BCUT2D eigenvalue weighted by atomic mass is 10.2. The number of ether oxygens (including phenoxy) is 1. The smallest absolute Gasteiger partial charge is 0.118 e. The van der Waals surface area contributed by atoms with Crippen LogP contribution in [-0.2, 0) is 4.74 Å². The van der Waals surface area contributed by atoms with Gasteiger partial charge in [0.25, 0.3) is 0 Å². The van der Waals surface area contributed by atoms with E-state index in [-0.39, 0.29) is 0 Å². The molecule has 2 rings (SSSR count). The molecule has 0 saturated carbocycles. The van der Waals surface area contributed by atoms with Gasteiger partial charge in [-0.3, -0.25) is 0 Å². The first-order valence-electron chi connectivity index (χ1n) is 5.78. The summed E-state index contributed by atoms with van der Waals surface area (Å²) in [6.07, 6.45) is 4.24. The number of rotatable bonds is 4. The van der Waals surface area contributed by atoms with Crippen molar-refractivity contribution in [2.24, 2.45) is 0 Å². The summed E-state index contributed by atoms with van der Waals surface area (Å²) in [5, 5.41) is 7.57. The summed E-state index contributed by atoms with van der Waals surface area (Å²) in [7, 11) is 1.84. The van der Waals surface area contributed by atoms with Crippen molar-refractivity contribution in [1.29, 1.82) is 5.41 Å². The number of fused-ring (bicyclic) bond motifs is 2. The Morgan fingerprint density at radius 1 is 1.38 bits per heavy atom. The van der Waals surface area contributed by atoms with Gasteiger partial charge in [-0.1, -0.05) is 0 Å². The Labute approximate surface area is 96.3 Å². The highest BCUT2D eigenvalue weighted by molar-refractivity contribution is 5.90. The minimum atomic E-state index is 0.463. The molecule has 2 atom stereocenters. The second-order valence-corrected chi connectivity index (χ2v) is 4.42. The fraction of sp³-hybridized carbons (Fsp3) is 0.727. The molecule has 2 unspecified atom stereocenters. The number of hydrazine groups is 1. The second kappa shape index (κ2) is 4.84. The van der Waals surface area contributed by atoms with E-state index in [2.05, 4.69) is 15.8 Å². The lowest BCUT2D eigenvalue weighted by Gasteiger charge is -2.38. The Morgan fingerprint density at radius 3 is 2.50 bits per heavy atom. The molecule has 90 valence electrons. The maximum absolute atomic E-state index is 7.57. The van der Waals surface area contributed by atoms with Crippen molar-refractivity contribution in [3.8, 4) is 0 Å². The van der Waals surface area contributed by atoms with Gasteiger partial charge in [-0.25, -0.2) is 5.43 Å². The van der Waals surface area contributed by atoms with Crippen LogP contribution in [0.1, 0.15) is 19.8 Å². The highest BCUT2D eigenvalue weighted by Gasteiger charge is 2.38. The van der Waals surface area contributed by atoms with E-state index >= 15 is 0 Å². The van der Waals surface area contributed by atoms with Crippen molar-refractivity contribution in [1.82, 2.24) is 15.8 Å². The minimum Gasteiger partial charge on any atom is -0.377 e. The standard InChI is InChI=1S/C11H20N4O/c1-8(12)5-11(14-13-2)15-9-3-4-10(15)7-16-6-9/h5,9-10,12-14H,3-4,6-7H2,1-2H3/b11-5+,12-8?. The normalized spacial score (nSPS) is 29.4. The van der Waals surface area contributed by atoms with E-state index in [1.165, 1.54) is 12.8 Å². The molecule has 16 heavy (non-hydrogen) atoms. The Morgan fingerprint density at radius 2 is 2.00 bits per heavy atom. The van der Waals surface area contributed by atoms with Crippen molar-refractivity contribution in [2.45, 2.75) is 31.8 Å². The van der Waals surface area contributed by atoms with Crippen LogP contribution in [-0.4, -0.2) is 43.0 Å². The van der Waals surface area contributed by atoms with Gasteiger partial charge >= 0.3 is 0 Å². The van der Waals surface area contributed by atoms with Crippen molar-refractivity contribution in [3.05, 3.63) is 11.9 Å². The molecule has 2 bridgehead atoms. The van der Waals surface area contributed by atoms with Crippen LogP contribution < -0.4 is 10.9 Å². The molecule has 3 N–H and O–H groups in total. The van der Waals surface area contributed by atoms with Crippen LogP contribution in [0.3, 0.4) is 0 Å². The Kier molecular flexibility index (Phi) is 3.46. The van der Waals surface area contributed by atoms with Crippen LogP contribution in [0.4, 0.5) is 0 Å². The zero-order valence-electron chi connectivity index (χ0n) is 9.92. The number of hydrogen-bond donors (Lipinski definition) is 3. The molecule has 5 nitrogen and oxygen atoms in total. The lowest BCUT2D eigenvalue weighted by Crippen LogP contribution is -2.50. The summed E-state index contributed by atoms with van der Waals surface area (Å²) >= 11 is 0. The molecule has 2 fully saturated rings. The van der Waals surface area contributed by atoms with Gasteiger partial charge in [0.15, 0.2) is 0 Å². The highest BCUT2D eigenvalue weighted by Crippen LogP contribution is 2.31. The first kappa shape index (κ1) is 11.4. The SMILES string of the molecule is CNN/C(=C\C(C)=N)N1C2CCC1COC2. The van der Waals surface area contributed by atoms with E-state index in [0.717, 1.165) is 19.0 Å². The molecule has 2 aliphatic rings. The van der Waals surface area contributed by atoms with Crippen molar-refractivity contribution < 1.29 is 4.74 Å². The van der Waals surface area contributed by atoms with Gasteiger partial charge in [0, 0.05) is 18.8 Å². The van der Waals surface area contributed by atoms with Gasteiger partial charge in [-0.2, -0.15) is 0 Å². The summed E-state index contributed by atoms with van der Waals surface area (Å²) in [4.78, 5) is 2.36. The monoisotopic (exact) mass is 224 g/mol. The van der Waals surface area contributed by atoms with Gasteiger partial charge in [0.1, 0.15) is 5.82 Å². The molecule has 0 radical (unpaired) electrons. The summed E-state index contributed by atoms with van der Waals surface area (Å²) in [6.45, 7) is 3.40. The van der Waals surface area contributed by atoms with Gasteiger partial charge in [0.05, 0.1) is 25.3 Å². The van der Waals surface area contributed by atoms with Crippen LogP contribution >= 0.6 is 0 Å². The number of allylic oxidation sites excluding steroid dienone is 1. The molecule has 0 aromatic rings. The van der Waals surface area contributed by atoms with E-state index in [0.29, 0.717) is 17.8 Å². The number of nitrogens with zero attached hydrogens (tertiary/aromatic N) is 1. The summed E-state index contributed by atoms with van der Waals surface area (Å²) < 4.78 is 5.55. The van der Waals surface area contributed by atoms with Crippen LogP contribution in [0.2, 0.25) is 0 Å². The number of nitrogens with one attached hydrogen (secondary N) is 3. The fourth-order valence-electron chi connectivity index (χ4n) is 2.53. The van der Waals surface area contributed by atoms with E-state index < -0.39 is 0 Å². The molecule has 0 spiro atoms. The third-order valence-corrected chi connectivity index (χ3v) is 3.12. The number of hydrogen-bond acceptors (Lipinski definition) is 5. The third-order valence-electron chi connectivity index (χ3n) is 3.12. The zero-order valence-corrected chi connectivity index (χ0v) is 9.92. The quantitative estimate of drug-likeness (QED) is 0.479. The largest absolute Gasteiger partial charge is 0.377 e. The van der Waals surface area contributed by atoms with Crippen molar-refractivity contribution >= 4 is 5.71 Å². The van der Waals surface area contributed by atoms with Gasteiger partial charge in [-0.15, -0.1) is 0 Å². The van der Waals surface area contributed by atoms with Crippen molar-refractivity contribution in [3.63, 3.8) is 0 Å². The molecule has 2 saturated heterocycles. The highest BCUT2D eigenvalue weighted by atomic mass is 16.5. The average Bonchev–Trinajstić information content (AvgIpc) is 2.47. The topological polar surface area (TPSA) is 60.4 Å². The molecule has 5 heteroatoms. The average molecular weight is 224 g/mol. The first-order chi connectivity index (χ1) is 7.72. The van der Waals surface area contributed by atoms with E-state index in [1.807, 2.05) is 13.1 Å².